The number of amides is 1. The van der Waals surface area contributed by atoms with Crippen LogP contribution in [0, 0.1) is 22.7 Å². The average Bonchev–Trinajstić information content (AvgIpc) is 2.87. The topological polar surface area (TPSA) is 147 Å². The van der Waals surface area contributed by atoms with Gasteiger partial charge in [0.15, 0.2) is 8.32 Å². The average molecular weight is 572 g/mol. The summed E-state index contributed by atoms with van der Waals surface area (Å²) in [4.78, 5) is 26.7. The molecule has 0 aromatic carbocycles. The van der Waals surface area contributed by atoms with Crippen LogP contribution in [-0.2, 0) is 22.1 Å². The van der Waals surface area contributed by atoms with Crippen LogP contribution < -0.4 is 5.32 Å². The van der Waals surface area contributed by atoms with Crippen LogP contribution in [0.5, 0.6) is 0 Å². The molecule has 3 heterocycles. The summed E-state index contributed by atoms with van der Waals surface area (Å²) in [5.74, 6) is -0.258. The Morgan fingerprint density at radius 3 is 2.67 bits per heavy atom. The fraction of sp³-hybridized carbons (Fsp3) is 0.679. The Morgan fingerprint density at radius 2 is 2.08 bits per heavy atom. The number of fused-ring (bicyclic) bond motifs is 1. The van der Waals surface area contributed by atoms with Gasteiger partial charge in [-0.3, -0.25) is 25.0 Å². The van der Waals surface area contributed by atoms with Crippen LogP contribution >= 0.6 is 0 Å². The molecule has 0 bridgehead atoms. The van der Waals surface area contributed by atoms with Crippen molar-refractivity contribution in [3.8, 4) is 6.07 Å². The summed E-state index contributed by atoms with van der Waals surface area (Å²) in [6.07, 6.45) is 0.0598. The van der Waals surface area contributed by atoms with E-state index in [2.05, 4.69) is 65.0 Å². The predicted molar refractivity (Wildman–Crippen MR) is 157 cm³/mol. The van der Waals surface area contributed by atoms with E-state index in [0.29, 0.717) is 37.4 Å². The number of aliphatic hydroxyl groups excluding tert-OH is 1. The molecule has 0 spiro atoms. The Hall–Kier alpha value is -2.69. The van der Waals surface area contributed by atoms with Crippen LogP contribution in [0.25, 0.3) is 0 Å². The summed E-state index contributed by atoms with van der Waals surface area (Å²) in [6.45, 7) is 17.6. The molecule has 40 heavy (non-hydrogen) atoms. The lowest BCUT2D eigenvalue weighted by Crippen LogP contribution is -2.51. The molecule has 1 saturated heterocycles. The van der Waals surface area contributed by atoms with Crippen molar-refractivity contribution in [2.75, 3.05) is 53.0 Å². The lowest BCUT2D eigenvalue weighted by Gasteiger charge is -2.38. The highest BCUT2D eigenvalue weighted by molar-refractivity contribution is 6.74. The van der Waals surface area contributed by atoms with Crippen LogP contribution in [0.15, 0.2) is 11.1 Å². The van der Waals surface area contributed by atoms with Gasteiger partial charge < -0.3 is 19.6 Å². The lowest BCUT2D eigenvalue weighted by molar-refractivity contribution is 0.0671. The monoisotopic (exact) mass is 571 g/mol. The number of likely N-dealkylation sites (tertiary alicyclic amines) is 1. The molecule has 0 saturated carbocycles. The number of aliphatic imine (C=N–C) groups is 1. The molecule has 2 aliphatic rings. The molecular weight excluding hydrogens is 526 g/mol. The van der Waals surface area contributed by atoms with E-state index in [-0.39, 0.29) is 29.2 Å². The molecule has 1 unspecified atom stereocenters. The molecule has 220 valence electrons. The van der Waals surface area contributed by atoms with Gasteiger partial charge in [0.05, 0.1) is 24.4 Å². The fourth-order valence-electron chi connectivity index (χ4n) is 4.60. The number of nitrogens with zero attached hydrogens (tertiary/aromatic N) is 5. The Balaban J connectivity index is 1.67. The number of rotatable bonds is 11. The van der Waals surface area contributed by atoms with Gasteiger partial charge in [-0.25, -0.2) is 4.98 Å². The first-order valence-corrected chi connectivity index (χ1v) is 16.8. The molecule has 3 N–H and O–H groups in total. The summed E-state index contributed by atoms with van der Waals surface area (Å²) < 4.78 is 11.4. The van der Waals surface area contributed by atoms with Crippen LogP contribution in [0.4, 0.5) is 0 Å². The maximum absolute atomic E-state index is 13.2. The van der Waals surface area contributed by atoms with Gasteiger partial charge in [-0.1, -0.05) is 20.8 Å². The molecule has 1 aromatic rings. The SMILES string of the molecule is COC(=N)C(CN1CC(CO)C1)=NC(C)NC(=O)c1cc(C#N)c2c(n1)CN(CCO[Si](C)(C)C(C)(C)C)CC2. The smallest absolute Gasteiger partial charge is 0.271 e. The number of carbonyl (C=O) groups excluding carboxylic acids is 1. The first kappa shape index (κ1) is 31.8. The molecular formula is C28H45N7O4Si. The molecule has 1 amide bonds. The number of nitriles is 1. The molecule has 11 nitrogen and oxygen atoms in total. The van der Waals surface area contributed by atoms with Crippen molar-refractivity contribution in [3.63, 3.8) is 0 Å². The van der Waals surface area contributed by atoms with Crippen molar-refractivity contribution >= 4 is 25.8 Å². The number of aromatic nitrogens is 1. The van der Waals surface area contributed by atoms with Gasteiger partial charge in [-0.2, -0.15) is 5.26 Å². The summed E-state index contributed by atoms with van der Waals surface area (Å²) in [5.41, 5.74) is 2.71. The predicted octanol–water partition coefficient (Wildman–Crippen LogP) is 2.40. The zero-order valence-electron chi connectivity index (χ0n) is 25.0. The molecule has 0 aliphatic carbocycles. The van der Waals surface area contributed by atoms with Gasteiger partial charge in [0.25, 0.3) is 5.91 Å². The van der Waals surface area contributed by atoms with Crippen LogP contribution in [0.2, 0.25) is 18.1 Å². The zero-order valence-corrected chi connectivity index (χ0v) is 26.0. The van der Waals surface area contributed by atoms with E-state index in [9.17, 15) is 15.2 Å². The third-order valence-corrected chi connectivity index (χ3v) is 12.6. The third-order valence-electron chi connectivity index (χ3n) is 8.11. The minimum absolute atomic E-state index is 0.0650. The van der Waals surface area contributed by atoms with Gasteiger partial charge in [-0.15, -0.1) is 0 Å². The Labute approximate surface area is 239 Å². The maximum Gasteiger partial charge on any atom is 0.271 e. The van der Waals surface area contributed by atoms with Crippen LogP contribution in [0.1, 0.15) is 55.0 Å². The molecule has 1 aromatic heterocycles. The van der Waals surface area contributed by atoms with Crippen molar-refractivity contribution in [3.05, 3.63) is 28.6 Å². The van der Waals surface area contributed by atoms with E-state index < -0.39 is 20.4 Å². The van der Waals surface area contributed by atoms with Crippen molar-refractivity contribution in [1.82, 2.24) is 20.1 Å². The first-order valence-electron chi connectivity index (χ1n) is 13.9. The normalized spacial score (nSPS) is 17.9. The molecule has 2 aliphatic heterocycles. The Morgan fingerprint density at radius 1 is 1.38 bits per heavy atom. The number of ether oxygens (including phenoxy) is 1. The van der Waals surface area contributed by atoms with Crippen LogP contribution in [0.3, 0.4) is 0 Å². The number of methoxy groups -OCH3 is 1. The van der Waals surface area contributed by atoms with Crippen LogP contribution in [-0.4, -0.2) is 105 Å². The number of carbonyl (C=O) groups is 1. The highest BCUT2D eigenvalue weighted by Crippen LogP contribution is 2.36. The van der Waals surface area contributed by atoms with E-state index in [1.54, 1.807) is 13.0 Å². The van der Waals surface area contributed by atoms with E-state index in [1.165, 1.54) is 7.11 Å². The van der Waals surface area contributed by atoms with Crippen molar-refractivity contribution in [2.24, 2.45) is 10.9 Å². The van der Waals surface area contributed by atoms with Gasteiger partial charge in [0.2, 0.25) is 5.90 Å². The second-order valence-corrected chi connectivity index (χ2v) is 17.0. The lowest BCUT2D eigenvalue weighted by atomic mass is 9.98. The second-order valence-electron chi connectivity index (χ2n) is 12.2. The molecule has 1 atom stereocenters. The largest absolute Gasteiger partial charge is 0.480 e. The standard InChI is InChI=1S/C28H45N7O4Si/c1-19(31-25(26(30)38-5)17-35-14-20(15-35)18-36)32-27(37)23-12-21(13-29)22-8-9-34(16-24(22)33-23)10-11-39-40(6,7)28(2,3)4/h12,19-20,30,36H,8-11,14-18H2,1-7H3,(H,32,37). The second kappa shape index (κ2) is 13.3. The highest BCUT2D eigenvalue weighted by Gasteiger charge is 2.37. The third kappa shape index (κ3) is 7.95. The Kier molecular flexibility index (Phi) is 10.6. The van der Waals surface area contributed by atoms with Gasteiger partial charge in [-0.05, 0) is 43.1 Å². The number of hydrogen-bond acceptors (Lipinski definition) is 10. The van der Waals surface area contributed by atoms with E-state index in [1.807, 2.05) is 0 Å². The summed E-state index contributed by atoms with van der Waals surface area (Å²) in [5, 5.41) is 30.1. The maximum atomic E-state index is 13.2. The Bertz CT molecular complexity index is 1150. The van der Waals surface area contributed by atoms with Crippen molar-refractivity contribution < 1.29 is 19.1 Å². The number of aliphatic hydroxyl groups is 1. The number of pyridine rings is 1. The number of hydrogen-bond donors (Lipinski definition) is 3. The zero-order chi connectivity index (χ0) is 29.7. The fourth-order valence-corrected chi connectivity index (χ4v) is 5.63. The molecule has 0 radical (unpaired) electrons. The van der Waals surface area contributed by atoms with Gasteiger partial charge >= 0.3 is 0 Å². The minimum Gasteiger partial charge on any atom is -0.480 e. The number of nitrogens with one attached hydrogen (secondary N) is 2. The van der Waals surface area contributed by atoms with Gasteiger partial charge in [0, 0.05) is 58.4 Å². The first-order chi connectivity index (χ1) is 18.8. The van der Waals surface area contributed by atoms with Crippen molar-refractivity contribution in [2.45, 2.75) is 65.0 Å². The minimum atomic E-state index is -1.83. The van der Waals surface area contributed by atoms with Gasteiger partial charge in [0.1, 0.15) is 17.6 Å². The summed E-state index contributed by atoms with van der Waals surface area (Å²) >= 11 is 0. The highest BCUT2D eigenvalue weighted by atomic mass is 28.4. The quantitative estimate of drug-likeness (QED) is 0.208. The molecule has 12 heteroatoms. The van der Waals surface area contributed by atoms with Crippen molar-refractivity contribution in [1.29, 1.82) is 10.7 Å². The molecule has 1 fully saturated rings. The summed E-state index contributed by atoms with van der Waals surface area (Å²) in [7, 11) is -0.419. The molecule has 3 rings (SSSR count). The van der Waals surface area contributed by atoms with E-state index >= 15 is 0 Å². The summed E-state index contributed by atoms with van der Waals surface area (Å²) in [6, 6.07) is 3.79. The van der Waals surface area contributed by atoms with E-state index in [0.717, 1.165) is 37.4 Å². The van der Waals surface area contributed by atoms with E-state index in [4.69, 9.17) is 14.6 Å².